The molecule has 0 radical (unpaired) electrons. The molecule has 1 aromatic rings. The zero-order valence-corrected chi connectivity index (χ0v) is 12.2. The lowest BCUT2D eigenvalue weighted by Crippen LogP contribution is -2.51. The SMILES string of the molecule is CCOc1ccccc1[C@@H](N1CCNCC1)C(F)(F)CO. The molecule has 1 aliphatic rings. The topological polar surface area (TPSA) is 44.7 Å². The van der Waals surface area contributed by atoms with Crippen molar-refractivity contribution in [2.75, 3.05) is 39.4 Å². The summed E-state index contributed by atoms with van der Waals surface area (Å²) in [4.78, 5) is 1.71. The molecule has 1 aliphatic heterocycles. The molecule has 0 spiro atoms. The lowest BCUT2D eigenvalue weighted by atomic mass is 9.97. The smallest absolute Gasteiger partial charge is 0.290 e. The Hall–Kier alpha value is -1.24. The van der Waals surface area contributed by atoms with Gasteiger partial charge in [-0.05, 0) is 13.0 Å². The van der Waals surface area contributed by atoms with Crippen LogP contribution in [-0.2, 0) is 0 Å². The number of ether oxygens (including phenoxy) is 1. The first-order chi connectivity index (χ1) is 10.1. The third-order valence-electron chi connectivity index (χ3n) is 3.64. The summed E-state index contributed by atoms with van der Waals surface area (Å²) in [6.07, 6.45) is 0. The van der Waals surface area contributed by atoms with Gasteiger partial charge in [-0.3, -0.25) is 4.90 Å². The number of benzene rings is 1. The first-order valence-corrected chi connectivity index (χ1v) is 7.25. The Balaban J connectivity index is 2.39. The number of para-hydroxylation sites is 1. The second-order valence-corrected chi connectivity index (χ2v) is 5.08. The van der Waals surface area contributed by atoms with Crippen LogP contribution in [0.3, 0.4) is 0 Å². The third kappa shape index (κ3) is 3.70. The molecular formula is C15H22F2N2O2. The van der Waals surface area contributed by atoms with Gasteiger partial charge in [-0.15, -0.1) is 0 Å². The molecule has 0 aliphatic carbocycles. The Bertz CT molecular complexity index is 451. The molecule has 1 fully saturated rings. The minimum atomic E-state index is -3.22. The summed E-state index contributed by atoms with van der Waals surface area (Å²) < 4.78 is 34.2. The van der Waals surface area contributed by atoms with Crippen molar-refractivity contribution in [1.82, 2.24) is 10.2 Å². The molecule has 1 heterocycles. The third-order valence-corrected chi connectivity index (χ3v) is 3.64. The molecule has 1 aromatic carbocycles. The van der Waals surface area contributed by atoms with Crippen molar-refractivity contribution in [3.63, 3.8) is 0 Å². The van der Waals surface area contributed by atoms with Crippen LogP contribution in [0.1, 0.15) is 18.5 Å². The van der Waals surface area contributed by atoms with Gasteiger partial charge in [0.25, 0.3) is 5.92 Å². The van der Waals surface area contributed by atoms with E-state index in [4.69, 9.17) is 9.84 Å². The van der Waals surface area contributed by atoms with E-state index in [9.17, 15) is 8.78 Å². The molecular weight excluding hydrogens is 278 g/mol. The van der Waals surface area contributed by atoms with Crippen LogP contribution in [0.4, 0.5) is 8.78 Å². The molecule has 6 heteroatoms. The van der Waals surface area contributed by atoms with Gasteiger partial charge in [-0.2, -0.15) is 0 Å². The molecule has 0 unspecified atom stereocenters. The van der Waals surface area contributed by atoms with Crippen LogP contribution in [0.5, 0.6) is 5.75 Å². The van der Waals surface area contributed by atoms with Crippen LogP contribution in [0.2, 0.25) is 0 Å². The Morgan fingerprint density at radius 2 is 2.00 bits per heavy atom. The van der Waals surface area contributed by atoms with Crippen LogP contribution in [0, 0.1) is 0 Å². The average Bonchev–Trinajstić information content (AvgIpc) is 2.50. The van der Waals surface area contributed by atoms with E-state index in [2.05, 4.69) is 5.32 Å². The lowest BCUT2D eigenvalue weighted by Gasteiger charge is -2.39. The van der Waals surface area contributed by atoms with Crippen molar-refractivity contribution < 1.29 is 18.6 Å². The maximum absolute atomic E-state index is 14.3. The van der Waals surface area contributed by atoms with Gasteiger partial charge < -0.3 is 15.2 Å². The second-order valence-electron chi connectivity index (χ2n) is 5.08. The lowest BCUT2D eigenvalue weighted by molar-refractivity contribution is -0.119. The molecule has 1 atom stereocenters. The largest absolute Gasteiger partial charge is 0.494 e. The number of nitrogens with one attached hydrogen (secondary N) is 1. The van der Waals surface area contributed by atoms with E-state index in [1.807, 2.05) is 6.92 Å². The molecule has 0 saturated carbocycles. The molecule has 2 N–H and O–H groups in total. The second kappa shape index (κ2) is 7.15. The summed E-state index contributed by atoms with van der Waals surface area (Å²) in [6, 6.07) is 5.66. The fraction of sp³-hybridized carbons (Fsp3) is 0.600. The molecule has 0 bridgehead atoms. The highest BCUT2D eigenvalue weighted by atomic mass is 19.3. The van der Waals surface area contributed by atoms with Gasteiger partial charge in [-0.25, -0.2) is 8.78 Å². The van der Waals surface area contributed by atoms with Crippen LogP contribution in [0.25, 0.3) is 0 Å². The van der Waals surface area contributed by atoms with Gasteiger partial charge in [-0.1, -0.05) is 18.2 Å². The summed E-state index contributed by atoms with van der Waals surface area (Å²) in [5.74, 6) is -2.76. The molecule has 4 nitrogen and oxygen atoms in total. The highest BCUT2D eigenvalue weighted by Crippen LogP contribution is 2.40. The van der Waals surface area contributed by atoms with Crippen molar-refractivity contribution in [2.45, 2.75) is 18.9 Å². The number of alkyl halides is 2. The van der Waals surface area contributed by atoms with Gasteiger partial charge in [0.15, 0.2) is 0 Å². The van der Waals surface area contributed by atoms with Crippen molar-refractivity contribution in [1.29, 1.82) is 0 Å². The molecule has 2 rings (SSSR count). The minimum absolute atomic E-state index is 0.413. The van der Waals surface area contributed by atoms with Gasteiger partial charge in [0, 0.05) is 31.7 Å². The number of aliphatic hydroxyl groups excluding tert-OH is 1. The highest BCUT2D eigenvalue weighted by molar-refractivity contribution is 5.37. The number of aliphatic hydroxyl groups is 1. The molecule has 0 aromatic heterocycles. The van der Waals surface area contributed by atoms with E-state index in [1.54, 1.807) is 29.2 Å². The van der Waals surface area contributed by atoms with Crippen LogP contribution < -0.4 is 10.1 Å². The fourth-order valence-corrected chi connectivity index (χ4v) is 2.71. The number of halogens is 2. The van der Waals surface area contributed by atoms with Crippen LogP contribution >= 0.6 is 0 Å². The van der Waals surface area contributed by atoms with Gasteiger partial charge >= 0.3 is 0 Å². The summed E-state index contributed by atoms with van der Waals surface area (Å²) in [5, 5.41) is 12.3. The Morgan fingerprint density at radius 1 is 1.33 bits per heavy atom. The van der Waals surface area contributed by atoms with Gasteiger partial charge in [0.1, 0.15) is 18.4 Å². The molecule has 0 amide bonds. The standard InChI is InChI=1S/C15H22F2N2O2/c1-2-21-13-6-4-3-5-12(13)14(15(16,17)11-20)19-9-7-18-8-10-19/h3-6,14,18,20H,2,7-11H2,1H3/t14-/m1/s1. The number of hydrogen-bond donors (Lipinski definition) is 2. The quantitative estimate of drug-likeness (QED) is 0.839. The predicted molar refractivity (Wildman–Crippen MR) is 76.8 cm³/mol. The summed E-state index contributed by atoms with van der Waals surface area (Å²) >= 11 is 0. The molecule has 21 heavy (non-hydrogen) atoms. The number of piperazine rings is 1. The van der Waals surface area contributed by atoms with Crippen LogP contribution in [0.15, 0.2) is 24.3 Å². The molecule has 118 valence electrons. The Morgan fingerprint density at radius 3 is 2.62 bits per heavy atom. The zero-order chi connectivity index (χ0) is 15.3. The first kappa shape index (κ1) is 16.1. The number of nitrogens with zero attached hydrogens (tertiary/aromatic N) is 1. The highest BCUT2D eigenvalue weighted by Gasteiger charge is 2.45. The van der Waals surface area contributed by atoms with Gasteiger partial charge in [0.2, 0.25) is 0 Å². The zero-order valence-electron chi connectivity index (χ0n) is 12.2. The maximum Gasteiger partial charge on any atom is 0.290 e. The van der Waals surface area contributed by atoms with E-state index in [0.29, 0.717) is 44.1 Å². The van der Waals surface area contributed by atoms with E-state index in [1.165, 1.54) is 0 Å². The maximum atomic E-state index is 14.3. The summed E-state index contributed by atoms with van der Waals surface area (Å²) in [7, 11) is 0. The van der Waals surface area contributed by atoms with Crippen molar-refractivity contribution in [3.05, 3.63) is 29.8 Å². The van der Waals surface area contributed by atoms with E-state index >= 15 is 0 Å². The fourth-order valence-electron chi connectivity index (χ4n) is 2.71. The van der Waals surface area contributed by atoms with E-state index in [0.717, 1.165) is 0 Å². The van der Waals surface area contributed by atoms with Crippen molar-refractivity contribution in [2.24, 2.45) is 0 Å². The van der Waals surface area contributed by atoms with Crippen molar-refractivity contribution in [3.8, 4) is 5.75 Å². The Kier molecular flexibility index (Phi) is 5.50. The predicted octanol–water partition coefficient (Wildman–Crippen LogP) is 1.66. The number of hydrogen-bond acceptors (Lipinski definition) is 4. The summed E-state index contributed by atoms with van der Waals surface area (Å²) in [5.41, 5.74) is 0.431. The minimum Gasteiger partial charge on any atom is -0.494 e. The summed E-state index contributed by atoms with van der Waals surface area (Å²) in [6.45, 7) is 3.41. The van der Waals surface area contributed by atoms with E-state index < -0.39 is 18.6 Å². The molecule has 1 saturated heterocycles. The normalized spacial score (nSPS) is 18.5. The van der Waals surface area contributed by atoms with Gasteiger partial charge in [0.05, 0.1) is 6.61 Å². The first-order valence-electron chi connectivity index (χ1n) is 7.25. The Labute approximate surface area is 123 Å². The monoisotopic (exact) mass is 300 g/mol. The van der Waals surface area contributed by atoms with Crippen LogP contribution in [-0.4, -0.2) is 55.3 Å². The average molecular weight is 300 g/mol. The van der Waals surface area contributed by atoms with Crippen molar-refractivity contribution >= 4 is 0 Å². The van der Waals surface area contributed by atoms with E-state index in [-0.39, 0.29) is 0 Å². The number of rotatable bonds is 6.